The van der Waals surface area contributed by atoms with Gasteiger partial charge in [-0.25, -0.2) is 0 Å². The first kappa shape index (κ1) is 14.7. The summed E-state index contributed by atoms with van der Waals surface area (Å²) in [5.74, 6) is 0. The number of benzene rings is 1. The van der Waals surface area contributed by atoms with Crippen molar-refractivity contribution in [2.75, 3.05) is 20.3 Å². The van der Waals surface area contributed by atoms with E-state index in [1.165, 1.54) is 7.11 Å². The van der Waals surface area contributed by atoms with E-state index in [-0.39, 0.29) is 0 Å². The molecule has 0 spiro atoms. The van der Waals surface area contributed by atoms with Crippen LogP contribution in [0.1, 0.15) is 31.3 Å². The number of hydrogen-bond acceptors (Lipinski definition) is 4. The van der Waals surface area contributed by atoms with Gasteiger partial charge in [-0.15, -0.1) is 0 Å². The molecule has 4 nitrogen and oxygen atoms in total. The molecule has 1 rings (SSSR count). The Kier molecular flexibility index (Phi) is 6.39. The van der Waals surface area contributed by atoms with Crippen molar-refractivity contribution in [2.45, 2.75) is 20.1 Å². The standard InChI is InChI=1S/C14H20NO3/c1-5-17-14(18-6-2)13-10-8-7-9-12(13)11(3)15-16-4/h7-10,14H,3,5-6H2,1-2,4H3. The molecule has 0 aliphatic carbocycles. The SMILES string of the molecule is [CH2]C(=NOC)c1ccccc1C(OCC)OCC. The number of hydrogen-bond donors (Lipinski definition) is 0. The fourth-order valence-corrected chi connectivity index (χ4v) is 1.66. The zero-order valence-corrected chi connectivity index (χ0v) is 11.2. The van der Waals surface area contributed by atoms with E-state index in [0.29, 0.717) is 18.9 Å². The van der Waals surface area contributed by atoms with Gasteiger partial charge in [-0.1, -0.05) is 29.4 Å². The second-order valence-corrected chi connectivity index (χ2v) is 3.55. The number of oxime groups is 1. The van der Waals surface area contributed by atoms with Crippen LogP contribution in [0.4, 0.5) is 0 Å². The Morgan fingerprint density at radius 2 is 1.83 bits per heavy atom. The van der Waals surface area contributed by atoms with Gasteiger partial charge in [0, 0.05) is 24.3 Å². The smallest absolute Gasteiger partial charge is 0.184 e. The first-order chi connectivity index (χ1) is 8.74. The molecule has 0 atom stereocenters. The van der Waals surface area contributed by atoms with Gasteiger partial charge < -0.3 is 14.3 Å². The lowest BCUT2D eigenvalue weighted by Gasteiger charge is -2.20. The summed E-state index contributed by atoms with van der Waals surface area (Å²) in [4.78, 5) is 4.76. The lowest BCUT2D eigenvalue weighted by molar-refractivity contribution is -0.140. The molecule has 1 aromatic rings. The van der Waals surface area contributed by atoms with Gasteiger partial charge in [-0.2, -0.15) is 0 Å². The van der Waals surface area contributed by atoms with Crippen LogP contribution in [0.25, 0.3) is 0 Å². The number of rotatable bonds is 7. The average Bonchev–Trinajstić information content (AvgIpc) is 2.39. The minimum Gasteiger partial charge on any atom is -0.399 e. The van der Waals surface area contributed by atoms with Gasteiger partial charge in [0.15, 0.2) is 6.29 Å². The van der Waals surface area contributed by atoms with E-state index in [0.717, 1.165) is 11.1 Å². The Morgan fingerprint density at radius 1 is 1.22 bits per heavy atom. The molecule has 4 heteroatoms. The molecule has 18 heavy (non-hydrogen) atoms. The molecular weight excluding hydrogens is 230 g/mol. The fourth-order valence-electron chi connectivity index (χ4n) is 1.66. The minimum atomic E-state index is -0.403. The average molecular weight is 250 g/mol. The van der Waals surface area contributed by atoms with Gasteiger partial charge in [0.1, 0.15) is 7.11 Å². The predicted octanol–water partition coefficient (Wildman–Crippen LogP) is 2.94. The summed E-state index contributed by atoms with van der Waals surface area (Å²) < 4.78 is 11.2. The van der Waals surface area contributed by atoms with Gasteiger partial charge in [-0.3, -0.25) is 0 Å². The highest BCUT2D eigenvalue weighted by molar-refractivity contribution is 6.04. The highest BCUT2D eigenvalue weighted by Gasteiger charge is 2.16. The summed E-state index contributed by atoms with van der Waals surface area (Å²) in [7, 11) is 1.50. The van der Waals surface area contributed by atoms with E-state index in [2.05, 4.69) is 12.1 Å². The molecule has 0 N–H and O–H groups in total. The Morgan fingerprint density at radius 3 is 2.39 bits per heavy atom. The molecule has 99 valence electrons. The van der Waals surface area contributed by atoms with Crippen LogP contribution in [0, 0.1) is 6.92 Å². The van der Waals surface area contributed by atoms with Crippen LogP contribution in [0.3, 0.4) is 0 Å². The summed E-state index contributed by atoms with van der Waals surface area (Å²) in [5, 5.41) is 3.85. The molecule has 0 aliphatic rings. The van der Waals surface area contributed by atoms with Crippen LogP contribution < -0.4 is 0 Å². The highest BCUT2D eigenvalue weighted by Crippen LogP contribution is 2.23. The van der Waals surface area contributed by atoms with E-state index in [1.54, 1.807) is 0 Å². The van der Waals surface area contributed by atoms with Crippen molar-refractivity contribution in [3.63, 3.8) is 0 Å². The highest BCUT2D eigenvalue weighted by atomic mass is 16.7. The third-order valence-electron chi connectivity index (χ3n) is 2.36. The number of nitrogens with zero attached hydrogens (tertiary/aromatic N) is 1. The minimum absolute atomic E-state index is 0.403. The molecule has 0 heterocycles. The van der Waals surface area contributed by atoms with Crippen molar-refractivity contribution in [3.8, 4) is 0 Å². The van der Waals surface area contributed by atoms with Crippen LogP contribution in [0.15, 0.2) is 29.4 Å². The molecule has 0 unspecified atom stereocenters. The monoisotopic (exact) mass is 250 g/mol. The predicted molar refractivity (Wildman–Crippen MR) is 71.3 cm³/mol. The summed E-state index contributed by atoms with van der Waals surface area (Å²) in [6, 6.07) is 7.72. The largest absolute Gasteiger partial charge is 0.399 e. The molecule has 0 saturated heterocycles. The van der Waals surface area contributed by atoms with Crippen LogP contribution >= 0.6 is 0 Å². The second kappa shape index (κ2) is 7.84. The molecule has 0 amide bonds. The van der Waals surface area contributed by atoms with Crippen molar-refractivity contribution in [1.82, 2.24) is 0 Å². The topological polar surface area (TPSA) is 40.0 Å². The summed E-state index contributed by atoms with van der Waals surface area (Å²) in [5.41, 5.74) is 2.33. The van der Waals surface area contributed by atoms with Crippen LogP contribution in [-0.4, -0.2) is 26.0 Å². The van der Waals surface area contributed by atoms with Crippen molar-refractivity contribution < 1.29 is 14.3 Å². The first-order valence-corrected chi connectivity index (χ1v) is 6.00. The first-order valence-electron chi connectivity index (χ1n) is 6.00. The molecule has 0 saturated carbocycles. The van der Waals surface area contributed by atoms with Gasteiger partial charge in [0.2, 0.25) is 0 Å². The van der Waals surface area contributed by atoms with Gasteiger partial charge >= 0.3 is 0 Å². The quantitative estimate of drug-likeness (QED) is 0.424. The van der Waals surface area contributed by atoms with Crippen molar-refractivity contribution in [1.29, 1.82) is 0 Å². The Balaban J connectivity index is 3.09. The molecule has 1 radical (unpaired) electrons. The van der Waals surface area contributed by atoms with Crippen molar-refractivity contribution in [3.05, 3.63) is 42.3 Å². The van der Waals surface area contributed by atoms with Gasteiger partial charge in [-0.05, 0) is 20.8 Å². The Hall–Kier alpha value is -1.39. The lowest BCUT2D eigenvalue weighted by atomic mass is 10.0. The third kappa shape index (κ3) is 3.82. The summed E-state index contributed by atoms with van der Waals surface area (Å²) >= 11 is 0. The Bertz CT molecular complexity index is 384. The van der Waals surface area contributed by atoms with E-state index < -0.39 is 6.29 Å². The molecule has 0 bridgehead atoms. The maximum Gasteiger partial charge on any atom is 0.184 e. The zero-order chi connectivity index (χ0) is 13.4. The molecule has 0 aromatic heterocycles. The zero-order valence-electron chi connectivity index (χ0n) is 11.2. The van der Waals surface area contributed by atoms with Crippen LogP contribution in [-0.2, 0) is 14.3 Å². The molecule has 0 fully saturated rings. The normalized spacial score (nSPS) is 11.9. The number of ether oxygens (including phenoxy) is 2. The van der Waals surface area contributed by atoms with E-state index in [1.807, 2.05) is 38.1 Å². The maximum atomic E-state index is 5.59. The van der Waals surface area contributed by atoms with E-state index in [9.17, 15) is 0 Å². The Labute approximate surface area is 109 Å². The fraction of sp³-hybridized carbons (Fsp3) is 0.429. The third-order valence-corrected chi connectivity index (χ3v) is 2.36. The lowest BCUT2D eigenvalue weighted by Crippen LogP contribution is -2.13. The van der Waals surface area contributed by atoms with E-state index in [4.69, 9.17) is 14.3 Å². The second-order valence-electron chi connectivity index (χ2n) is 3.55. The van der Waals surface area contributed by atoms with Crippen LogP contribution in [0.2, 0.25) is 0 Å². The van der Waals surface area contributed by atoms with Crippen molar-refractivity contribution in [2.24, 2.45) is 5.16 Å². The molecule has 1 aromatic carbocycles. The van der Waals surface area contributed by atoms with E-state index >= 15 is 0 Å². The summed E-state index contributed by atoms with van der Waals surface area (Å²) in [6.45, 7) is 8.89. The van der Waals surface area contributed by atoms with Gasteiger partial charge in [0.05, 0.1) is 5.71 Å². The maximum absolute atomic E-state index is 5.59. The summed E-state index contributed by atoms with van der Waals surface area (Å²) in [6.07, 6.45) is -0.403. The molecule has 0 aliphatic heterocycles. The molecular formula is C14H20NO3. The van der Waals surface area contributed by atoms with Crippen LogP contribution in [0.5, 0.6) is 0 Å². The van der Waals surface area contributed by atoms with Gasteiger partial charge in [0.25, 0.3) is 0 Å². The van der Waals surface area contributed by atoms with Crippen molar-refractivity contribution >= 4 is 5.71 Å².